The number of amides is 1. The van der Waals surface area contributed by atoms with Gasteiger partial charge in [0.2, 0.25) is 5.91 Å². The van der Waals surface area contributed by atoms with Gasteiger partial charge in [0.25, 0.3) is 5.69 Å². The summed E-state index contributed by atoms with van der Waals surface area (Å²) in [6.07, 6.45) is 0.139. The highest BCUT2D eigenvalue weighted by Crippen LogP contribution is 2.33. The van der Waals surface area contributed by atoms with Crippen LogP contribution in [0.3, 0.4) is 0 Å². The summed E-state index contributed by atoms with van der Waals surface area (Å²) in [4.78, 5) is 23.9. The first-order valence-electron chi connectivity index (χ1n) is 5.95. The number of rotatable bonds is 4. The van der Waals surface area contributed by atoms with E-state index in [1.165, 1.54) is 17.0 Å². The molecule has 108 valence electrons. The zero-order valence-electron chi connectivity index (χ0n) is 10.6. The average Bonchev–Trinajstić information content (AvgIpc) is 3.03. The Hall–Kier alpha value is -2.59. The van der Waals surface area contributed by atoms with Crippen molar-refractivity contribution < 1.29 is 9.72 Å². The number of nitrogens with zero attached hydrogens (tertiary/aromatic N) is 4. The van der Waals surface area contributed by atoms with Crippen molar-refractivity contribution in [3.63, 3.8) is 0 Å². The number of benzene rings is 1. The number of nitrogens with one attached hydrogen (secondary N) is 1. The summed E-state index contributed by atoms with van der Waals surface area (Å²) >= 11 is 1.10. The van der Waals surface area contributed by atoms with Crippen molar-refractivity contribution in [2.75, 3.05) is 10.3 Å². The lowest BCUT2D eigenvalue weighted by atomic mass is 10.1. The van der Waals surface area contributed by atoms with E-state index in [0.29, 0.717) is 21.9 Å². The number of hydrazine groups is 1. The lowest BCUT2D eigenvalue weighted by molar-refractivity contribution is -0.384. The van der Waals surface area contributed by atoms with Crippen molar-refractivity contribution in [2.45, 2.75) is 13.0 Å². The SMILES string of the molecule is NNc1snnc1CN1C(=O)Cc2cc([N+](=O)[O-])ccc21. The Kier molecular flexibility index (Phi) is 3.23. The minimum Gasteiger partial charge on any atom is -0.313 e. The fourth-order valence-electron chi connectivity index (χ4n) is 2.23. The third-order valence-corrected chi connectivity index (χ3v) is 3.90. The fourth-order valence-corrected chi connectivity index (χ4v) is 2.71. The first-order valence-corrected chi connectivity index (χ1v) is 6.73. The third-order valence-electron chi connectivity index (χ3n) is 3.20. The zero-order valence-corrected chi connectivity index (χ0v) is 11.5. The van der Waals surface area contributed by atoms with Crippen LogP contribution in [0.15, 0.2) is 18.2 Å². The molecule has 1 amide bonds. The largest absolute Gasteiger partial charge is 0.313 e. The second kappa shape index (κ2) is 5.07. The molecule has 3 N–H and O–H groups in total. The van der Waals surface area contributed by atoms with Crippen LogP contribution in [0.5, 0.6) is 0 Å². The molecule has 1 aliphatic heterocycles. The summed E-state index contributed by atoms with van der Waals surface area (Å²) < 4.78 is 3.78. The van der Waals surface area contributed by atoms with Crippen LogP contribution in [0.2, 0.25) is 0 Å². The van der Waals surface area contributed by atoms with Crippen LogP contribution in [0.4, 0.5) is 16.4 Å². The number of hydrogen-bond acceptors (Lipinski definition) is 8. The van der Waals surface area contributed by atoms with Gasteiger partial charge in [-0.2, -0.15) is 0 Å². The molecule has 0 spiro atoms. The molecule has 0 unspecified atom stereocenters. The number of carbonyl (C=O) groups is 1. The predicted octanol–water partition coefficient (Wildman–Crippen LogP) is 0.821. The molecule has 2 heterocycles. The standard InChI is InChI=1S/C11H10N6O3S/c12-13-11-8(14-15-21-11)5-16-9-2-1-7(17(19)20)3-6(9)4-10(16)18/h1-3,13H,4-5,12H2. The molecule has 0 saturated carbocycles. The molecule has 3 rings (SSSR count). The van der Waals surface area contributed by atoms with Gasteiger partial charge in [-0.05, 0) is 11.6 Å². The van der Waals surface area contributed by atoms with Gasteiger partial charge in [-0.25, -0.2) is 5.84 Å². The van der Waals surface area contributed by atoms with Crippen LogP contribution in [-0.4, -0.2) is 20.4 Å². The summed E-state index contributed by atoms with van der Waals surface area (Å²) in [6, 6.07) is 4.38. The van der Waals surface area contributed by atoms with Crippen LogP contribution in [-0.2, 0) is 17.8 Å². The van der Waals surface area contributed by atoms with E-state index in [2.05, 4.69) is 15.0 Å². The number of carbonyl (C=O) groups excluding carboxylic acids is 1. The normalized spacial score (nSPS) is 13.4. The third kappa shape index (κ3) is 2.30. The van der Waals surface area contributed by atoms with Gasteiger partial charge in [0.1, 0.15) is 10.7 Å². The van der Waals surface area contributed by atoms with E-state index in [1.54, 1.807) is 6.07 Å². The molecule has 0 radical (unpaired) electrons. The average molecular weight is 306 g/mol. The summed E-state index contributed by atoms with van der Waals surface area (Å²) in [6.45, 7) is 0.222. The van der Waals surface area contributed by atoms with Gasteiger partial charge in [-0.3, -0.25) is 14.9 Å². The van der Waals surface area contributed by atoms with E-state index < -0.39 is 4.92 Å². The quantitative estimate of drug-likeness (QED) is 0.486. The monoisotopic (exact) mass is 306 g/mol. The van der Waals surface area contributed by atoms with Gasteiger partial charge >= 0.3 is 0 Å². The van der Waals surface area contributed by atoms with Gasteiger partial charge in [-0.1, -0.05) is 4.49 Å². The molecule has 9 nitrogen and oxygen atoms in total. The van der Waals surface area contributed by atoms with E-state index in [0.717, 1.165) is 11.5 Å². The molecule has 1 aromatic heterocycles. The number of nitro groups is 1. The molecule has 21 heavy (non-hydrogen) atoms. The highest BCUT2D eigenvalue weighted by atomic mass is 32.1. The highest BCUT2D eigenvalue weighted by molar-refractivity contribution is 7.10. The Bertz CT molecular complexity index is 730. The van der Waals surface area contributed by atoms with Crippen LogP contribution in [0.25, 0.3) is 0 Å². The van der Waals surface area contributed by atoms with Crippen LogP contribution >= 0.6 is 11.5 Å². The lowest BCUT2D eigenvalue weighted by Gasteiger charge is -2.16. The maximum Gasteiger partial charge on any atom is 0.269 e. The van der Waals surface area contributed by atoms with Gasteiger partial charge in [-0.15, -0.1) is 5.10 Å². The summed E-state index contributed by atoms with van der Waals surface area (Å²) in [7, 11) is 0. The molecule has 0 bridgehead atoms. The number of nitrogen functional groups attached to an aromatic ring is 1. The first kappa shape index (κ1) is 13.4. The maximum absolute atomic E-state index is 12.1. The number of nitrogens with two attached hydrogens (primary N) is 1. The number of fused-ring (bicyclic) bond motifs is 1. The van der Waals surface area contributed by atoms with E-state index in [9.17, 15) is 14.9 Å². The molecule has 0 aliphatic carbocycles. The Balaban J connectivity index is 1.92. The van der Waals surface area contributed by atoms with E-state index >= 15 is 0 Å². The first-order chi connectivity index (χ1) is 10.1. The molecule has 0 fully saturated rings. The molecule has 0 saturated heterocycles. The van der Waals surface area contributed by atoms with Crippen LogP contribution < -0.4 is 16.2 Å². The summed E-state index contributed by atoms with van der Waals surface area (Å²) in [5.74, 6) is 5.22. The van der Waals surface area contributed by atoms with Crippen molar-refractivity contribution in [1.29, 1.82) is 0 Å². The topological polar surface area (TPSA) is 127 Å². The summed E-state index contributed by atoms with van der Waals surface area (Å²) in [5.41, 5.74) is 4.30. The summed E-state index contributed by atoms with van der Waals surface area (Å²) in [5, 5.41) is 15.3. The molecular formula is C11H10N6O3S. The minimum atomic E-state index is -0.478. The predicted molar refractivity (Wildman–Crippen MR) is 75.7 cm³/mol. The molecule has 1 aliphatic rings. The zero-order chi connectivity index (χ0) is 15.0. The lowest BCUT2D eigenvalue weighted by Crippen LogP contribution is -2.26. The number of nitro benzene ring substituents is 1. The molecule has 1 aromatic carbocycles. The van der Waals surface area contributed by atoms with Crippen LogP contribution in [0.1, 0.15) is 11.3 Å². The maximum atomic E-state index is 12.1. The Morgan fingerprint density at radius 2 is 2.33 bits per heavy atom. The highest BCUT2D eigenvalue weighted by Gasteiger charge is 2.30. The fraction of sp³-hybridized carbons (Fsp3) is 0.182. The van der Waals surface area contributed by atoms with Crippen molar-refractivity contribution in [1.82, 2.24) is 9.59 Å². The molecule has 10 heteroatoms. The van der Waals surface area contributed by atoms with Crippen molar-refractivity contribution in [2.24, 2.45) is 5.84 Å². The second-order valence-electron chi connectivity index (χ2n) is 4.42. The van der Waals surface area contributed by atoms with Crippen LogP contribution in [0, 0.1) is 10.1 Å². The second-order valence-corrected chi connectivity index (χ2v) is 5.17. The number of hydrogen-bond donors (Lipinski definition) is 2. The Morgan fingerprint density at radius 3 is 3.05 bits per heavy atom. The molecule has 0 atom stereocenters. The number of anilines is 2. The Labute approximate surface area is 122 Å². The number of aromatic nitrogens is 2. The van der Waals surface area contributed by atoms with Crippen molar-refractivity contribution in [3.8, 4) is 0 Å². The molecular weight excluding hydrogens is 296 g/mol. The van der Waals surface area contributed by atoms with Gasteiger partial charge in [0.05, 0.1) is 17.9 Å². The van der Waals surface area contributed by atoms with E-state index in [4.69, 9.17) is 5.84 Å². The van der Waals surface area contributed by atoms with Gasteiger partial charge in [0, 0.05) is 29.4 Å². The molecule has 2 aromatic rings. The minimum absolute atomic E-state index is 0.0250. The van der Waals surface area contributed by atoms with E-state index in [-0.39, 0.29) is 24.6 Å². The smallest absolute Gasteiger partial charge is 0.269 e. The van der Waals surface area contributed by atoms with Crippen molar-refractivity contribution >= 4 is 33.8 Å². The van der Waals surface area contributed by atoms with Gasteiger partial charge < -0.3 is 10.3 Å². The van der Waals surface area contributed by atoms with Crippen molar-refractivity contribution in [3.05, 3.63) is 39.6 Å². The van der Waals surface area contributed by atoms with Gasteiger partial charge in [0.15, 0.2) is 0 Å². The Morgan fingerprint density at radius 1 is 1.52 bits per heavy atom. The number of non-ortho nitro benzene ring substituents is 1. The van der Waals surface area contributed by atoms with E-state index in [1.807, 2.05) is 0 Å².